The summed E-state index contributed by atoms with van der Waals surface area (Å²) in [5, 5.41) is 15.6. The van der Waals surface area contributed by atoms with E-state index in [0.29, 0.717) is 0 Å². The normalized spacial score (nSPS) is 21.7. The van der Waals surface area contributed by atoms with Crippen molar-refractivity contribution in [1.82, 2.24) is 20.5 Å². The van der Waals surface area contributed by atoms with E-state index >= 15 is 0 Å². The highest BCUT2D eigenvalue weighted by Gasteiger charge is 2.53. The smallest absolute Gasteiger partial charge is 0.258 e. The minimum atomic E-state index is -1.95. The molecule has 2 heterocycles. The number of alkyl halides is 1. The number of nitrogens with one attached hydrogen (secondary N) is 2. The third-order valence-electron chi connectivity index (χ3n) is 6.62. The summed E-state index contributed by atoms with van der Waals surface area (Å²) in [6.45, 7) is 5.41. The topological polar surface area (TPSA) is 112 Å². The van der Waals surface area contributed by atoms with Gasteiger partial charge in [0, 0.05) is 24.3 Å². The van der Waals surface area contributed by atoms with E-state index in [1.54, 1.807) is 30.7 Å². The van der Waals surface area contributed by atoms with Crippen molar-refractivity contribution >= 4 is 41.7 Å². The zero-order chi connectivity index (χ0) is 26.3. The number of β-amino-alcohol motifs (C(OH)–C–C–N with tert-alkyl or cyclic N) is 1. The van der Waals surface area contributed by atoms with Gasteiger partial charge in [-0.1, -0.05) is 24.3 Å². The molecule has 1 aromatic carbocycles. The molecule has 3 N–H and O–H groups in total. The Morgan fingerprint density at radius 1 is 1.31 bits per heavy atom. The Labute approximate surface area is 219 Å². The van der Waals surface area contributed by atoms with Crippen molar-refractivity contribution in [2.75, 3.05) is 6.54 Å². The summed E-state index contributed by atoms with van der Waals surface area (Å²) in [5.41, 5.74) is 2.74. The van der Waals surface area contributed by atoms with Gasteiger partial charge >= 0.3 is 0 Å². The van der Waals surface area contributed by atoms with Crippen LogP contribution >= 0.6 is 24.0 Å². The zero-order valence-electron chi connectivity index (χ0n) is 20.5. The maximum Gasteiger partial charge on any atom is 0.258 e. The monoisotopic (exact) mass is 534 g/mol. The molecule has 194 valence electrons. The van der Waals surface area contributed by atoms with Crippen LogP contribution in [-0.4, -0.2) is 67.9 Å². The molecule has 3 amide bonds. The first-order valence-electron chi connectivity index (χ1n) is 11.9. The van der Waals surface area contributed by atoms with Gasteiger partial charge in [-0.3, -0.25) is 14.4 Å². The number of amides is 3. The van der Waals surface area contributed by atoms with Crippen molar-refractivity contribution in [2.45, 2.75) is 75.2 Å². The summed E-state index contributed by atoms with van der Waals surface area (Å²) in [4.78, 5) is 45.4. The molecule has 1 saturated carbocycles. The molecule has 8 nitrogen and oxygen atoms in total. The number of aromatic nitrogens is 1. The number of thiazole rings is 1. The van der Waals surface area contributed by atoms with Crippen LogP contribution in [-0.2, 0) is 20.9 Å². The largest absolute Gasteiger partial charge is 0.391 e. The number of nitrogens with zero attached hydrogens (tertiary/aromatic N) is 2. The van der Waals surface area contributed by atoms with E-state index in [1.165, 1.54) is 4.90 Å². The Morgan fingerprint density at radius 2 is 1.97 bits per heavy atom. The van der Waals surface area contributed by atoms with Crippen molar-refractivity contribution in [2.24, 2.45) is 0 Å². The molecular weight excluding hydrogens is 503 g/mol. The van der Waals surface area contributed by atoms with Crippen LogP contribution in [0.15, 0.2) is 29.8 Å². The fourth-order valence-electron chi connectivity index (χ4n) is 4.27. The lowest BCUT2D eigenvalue weighted by molar-refractivity contribution is -0.143. The average Bonchev–Trinajstić information content (AvgIpc) is 3.23. The van der Waals surface area contributed by atoms with Crippen molar-refractivity contribution in [3.05, 3.63) is 41.0 Å². The molecule has 2 aromatic rings. The molecule has 3 atom stereocenters. The van der Waals surface area contributed by atoms with E-state index < -0.39 is 46.3 Å². The number of likely N-dealkylation sites (tertiary alicyclic amines) is 1. The van der Waals surface area contributed by atoms with E-state index in [-0.39, 0.29) is 32.4 Å². The highest BCUT2D eigenvalue weighted by atomic mass is 32.1. The number of halogens is 1. The van der Waals surface area contributed by atoms with Gasteiger partial charge in [-0.2, -0.15) is 12.6 Å². The zero-order valence-corrected chi connectivity index (χ0v) is 22.2. The third-order valence-corrected chi connectivity index (χ3v) is 7.85. The summed E-state index contributed by atoms with van der Waals surface area (Å²) in [6.07, 6.45) is -0.584. The average molecular weight is 535 g/mol. The first-order chi connectivity index (χ1) is 16.9. The van der Waals surface area contributed by atoms with E-state index in [1.807, 2.05) is 31.2 Å². The van der Waals surface area contributed by atoms with Gasteiger partial charge in [-0.25, -0.2) is 9.37 Å². The number of aliphatic hydroxyl groups is 1. The Balaban J connectivity index is 1.42. The Hall–Kier alpha value is -2.50. The molecule has 0 spiro atoms. The van der Waals surface area contributed by atoms with Gasteiger partial charge in [0.2, 0.25) is 11.8 Å². The number of hydrogen-bond donors (Lipinski definition) is 4. The van der Waals surface area contributed by atoms with Crippen LogP contribution in [0, 0.1) is 6.92 Å². The maximum absolute atomic E-state index is 14.3. The molecule has 1 aliphatic carbocycles. The molecule has 1 saturated heterocycles. The van der Waals surface area contributed by atoms with Crippen molar-refractivity contribution in [1.29, 1.82) is 0 Å². The molecule has 0 bridgehead atoms. The molecule has 0 radical (unpaired) electrons. The van der Waals surface area contributed by atoms with Crippen LogP contribution in [0.4, 0.5) is 4.39 Å². The number of rotatable bonds is 8. The summed E-state index contributed by atoms with van der Waals surface area (Å²) in [7, 11) is 0. The highest BCUT2D eigenvalue weighted by Crippen LogP contribution is 2.40. The summed E-state index contributed by atoms with van der Waals surface area (Å²) in [6, 6.07) is 5.70. The van der Waals surface area contributed by atoms with Crippen molar-refractivity contribution in [3.8, 4) is 10.4 Å². The SMILES string of the molecule is Cc1ncsc1-c1ccc(CNC(=O)C2CC(O)CN2C(=O)[C@@H](NC(=O)C2(F)CC2)C(C)(C)S)cc1. The number of benzene rings is 1. The minimum absolute atomic E-state index is 0.0587. The first-order valence-corrected chi connectivity index (χ1v) is 13.2. The fraction of sp³-hybridized carbons (Fsp3) is 0.520. The second kappa shape index (κ2) is 10.1. The van der Waals surface area contributed by atoms with Gasteiger partial charge in [-0.15, -0.1) is 11.3 Å². The number of carbonyl (C=O) groups excluding carboxylic acids is 3. The van der Waals surface area contributed by atoms with E-state index in [0.717, 1.165) is 21.7 Å². The number of hydrogen-bond acceptors (Lipinski definition) is 7. The molecule has 2 unspecified atom stereocenters. The summed E-state index contributed by atoms with van der Waals surface area (Å²) in [5.74, 6) is -1.83. The molecule has 2 fully saturated rings. The summed E-state index contributed by atoms with van der Waals surface area (Å²) >= 11 is 6.02. The Morgan fingerprint density at radius 3 is 2.53 bits per heavy atom. The van der Waals surface area contributed by atoms with E-state index in [2.05, 4.69) is 28.2 Å². The lowest BCUT2D eigenvalue weighted by Crippen LogP contribution is -2.60. The minimum Gasteiger partial charge on any atom is -0.391 e. The molecule has 11 heteroatoms. The standard InChI is InChI=1S/C25H31FN4O4S2/c1-14-19(36-13-28-14)16-6-4-15(5-7-16)11-27-21(32)18-10-17(31)12-30(18)22(33)20(24(2,3)35)29-23(34)25(26)8-9-25/h4-7,13,17-18,20,31,35H,8-12H2,1-3H3,(H,27,32)(H,29,34)/t17?,18?,20-/m1/s1. The predicted molar refractivity (Wildman–Crippen MR) is 138 cm³/mol. The van der Waals surface area contributed by atoms with Crippen LogP contribution in [0.2, 0.25) is 0 Å². The Bertz CT molecular complexity index is 1140. The lowest BCUT2D eigenvalue weighted by Gasteiger charge is -2.35. The van der Waals surface area contributed by atoms with Gasteiger partial charge in [0.1, 0.15) is 12.1 Å². The van der Waals surface area contributed by atoms with Crippen LogP contribution in [0.25, 0.3) is 10.4 Å². The Kier molecular flexibility index (Phi) is 7.45. The molecular formula is C25H31FN4O4S2. The molecule has 1 aromatic heterocycles. The summed E-state index contributed by atoms with van der Waals surface area (Å²) < 4.78 is 13.2. The van der Waals surface area contributed by atoms with E-state index in [9.17, 15) is 23.9 Å². The van der Waals surface area contributed by atoms with E-state index in [4.69, 9.17) is 0 Å². The second-order valence-corrected chi connectivity index (χ2v) is 12.1. The predicted octanol–water partition coefficient (Wildman–Crippen LogP) is 2.39. The van der Waals surface area contributed by atoms with Gasteiger partial charge in [0.15, 0.2) is 5.67 Å². The number of aliphatic hydroxyl groups excluding tert-OH is 1. The van der Waals surface area contributed by atoms with Crippen LogP contribution in [0.5, 0.6) is 0 Å². The van der Waals surface area contributed by atoms with Crippen LogP contribution in [0.3, 0.4) is 0 Å². The first kappa shape index (κ1) is 26.6. The van der Waals surface area contributed by atoms with Gasteiger partial charge in [0.25, 0.3) is 5.91 Å². The number of carbonyl (C=O) groups is 3. The van der Waals surface area contributed by atoms with Crippen molar-refractivity contribution in [3.63, 3.8) is 0 Å². The number of aryl methyl sites for hydroxylation is 1. The fourth-order valence-corrected chi connectivity index (χ4v) is 5.26. The quantitative estimate of drug-likeness (QED) is 0.389. The molecule has 2 aliphatic rings. The van der Waals surface area contributed by atoms with Crippen molar-refractivity contribution < 1.29 is 23.9 Å². The third kappa shape index (κ3) is 5.73. The van der Waals surface area contributed by atoms with Crippen LogP contribution < -0.4 is 10.6 Å². The molecule has 36 heavy (non-hydrogen) atoms. The van der Waals surface area contributed by atoms with Gasteiger partial charge in [0.05, 0.1) is 22.2 Å². The number of thiol groups is 1. The van der Waals surface area contributed by atoms with Gasteiger partial charge < -0.3 is 20.6 Å². The molecule has 4 rings (SSSR count). The van der Waals surface area contributed by atoms with Crippen LogP contribution in [0.1, 0.15) is 44.4 Å². The highest BCUT2D eigenvalue weighted by molar-refractivity contribution is 7.81. The second-order valence-electron chi connectivity index (χ2n) is 10.1. The maximum atomic E-state index is 14.3. The molecule has 1 aliphatic heterocycles. The van der Waals surface area contributed by atoms with Gasteiger partial charge in [-0.05, 0) is 44.7 Å². The lowest BCUT2D eigenvalue weighted by atomic mass is 10.0.